The van der Waals surface area contributed by atoms with E-state index in [-0.39, 0.29) is 5.91 Å². The van der Waals surface area contributed by atoms with Gasteiger partial charge in [-0.2, -0.15) is 5.26 Å². The molecule has 1 N–H and O–H groups in total. The first-order valence-corrected chi connectivity index (χ1v) is 8.88. The van der Waals surface area contributed by atoms with Crippen LogP contribution < -0.4 is 10.1 Å². The molecule has 1 heterocycles. The van der Waals surface area contributed by atoms with E-state index in [1.54, 1.807) is 31.2 Å². The van der Waals surface area contributed by atoms with E-state index in [0.29, 0.717) is 21.7 Å². The fraction of sp³-hybridized carbons (Fsp3) is 0.267. The summed E-state index contributed by atoms with van der Waals surface area (Å²) in [6.45, 7) is 3.50. The summed E-state index contributed by atoms with van der Waals surface area (Å²) in [7, 11) is 0. The summed E-state index contributed by atoms with van der Waals surface area (Å²) in [5, 5.41) is 12.4. The Morgan fingerprint density at radius 1 is 1.61 bits per heavy atom. The normalized spacial score (nSPS) is 11.6. The van der Waals surface area contributed by atoms with Gasteiger partial charge in [-0.3, -0.25) is 10.1 Å². The van der Waals surface area contributed by atoms with Crippen LogP contribution in [0.1, 0.15) is 12.6 Å². The first-order valence-electron chi connectivity index (χ1n) is 6.70. The molecule has 120 valence electrons. The number of halogens is 1. The van der Waals surface area contributed by atoms with E-state index in [9.17, 15) is 4.79 Å². The van der Waals surface area contributed by atoms with Crippen molar-refractivity contribution in [2.75, 3.05) is 11.1 Å². The smallest absolute Gasteiger partial charge is 0.266 e. The number of hydrogen-bond donors (Lipinski definition) is 1. The molecule has 1 amide bonds. The average molecular weight is 368 g/mol. The molecule has 0 spiro atoms. The monoisotopic (exact) mass is 367 g/mol. The Hall–Kier alpha value is -1.75. The number of aromatic nitrogens is 1. The zero-order valence-corrected chi connectivity index (χ0v) is 14.9. The lowest BCUT2D eigenvalue weighted by Gasteiger charge is -2.13. The fourth-order valence-electron chi connectivity index (χ4n) is 1.67. The van der Waals surface area contributed by atoms with Crippen molar-refractivity contribution in [3.63, 3.8) is 0 Å². The van der Waals surface area contributed by atoms with Crippen molar-refractivity contribution in [3.8, 4) is 11.8 Å². The molecule has 0 fully saturated rings. The van der Waals surface area contributed by atoms with Gasteiger partial charge in [-0.1, -0.05) is 40.8 Å². The van der Waals surface area contributed by atoms with Gasteiger partial charge in [0, 0.05) is 5.02 Å². The van der Waals surface area contributed by atoms with Gasteiger partial charge in [-0.05, 0) is 32.0 Å². The summed E-state index contributed by atoms with van der Waals surface area (Å²) in [5.74, 6) is 0.585. The summed E-state index contributed by atoms with van der Waals surface area (Å²) in [6.07, 6.45) is -0.687. The average Bonchev–Trinajstić information content (AvgIpc) is 2.84. The van der Waals surface area contributed by atoms with Gasteiger partial charge in [-0.15, -0.1) is 0 Å². The van der Waals surface area contributed by atoms with Crippen LogP contribution in [0.4, 0.5) is 5.13 Å². The lowest BCUT2D eigenvalue weighted by molar-refractivity contribution is -0.122. The highest BCUT2D eigenvalue weighted by molar-refractivity contribution is 8.01. The van der Waals surface area contributed by atoms with Crippen molar-refractivity contribution in [2.45, 2.75) is 24.2 Å². The number of thiazole rings is 1. The molecule has 1 unspecified atom stereocenters. The minimum Gasteiger partial charge on any atom is -0.481 e. The summed E-state index contributed by atoms with van der Waals surface area (Å²) in [5.41, 5.74) is 0.800. The third kappa shape index (κ3) is 5.13. The summed E-state index contributed by atoms with van der Waals surface area (Å²) in [4.78, 5) is 16.5. The van der Waals surface area contributed by atoms with Gasteiger partial charge in [0.05, 0.1) is 21.7 Å². The van der Waals surface area contributed by atoms with Gasteiger partial charge in [0.2, 0.25) is 0 Å². The molecule has 23 heavy (non-hydrogen) atoms. The quantitative estimate of drug-likeness (QED) is 0.777. The van der Waals surface area contributed by atoms with Crippen LogP contribution in [0.25, 0.3) is 0 Å². The molecule has 8 heteroatoms. The Kier molecular flexibility index (Phi) is 6.28. The van der Waals surface area contributed by atoms with E-state index in [1.807, 2.05) is 6.92 Å². The van der Waals surface area contributed by atoms with E-state index in [0.717, 1.165) is 9.90 Å². The molecular formula is C15H14ClN3O2S2. The molecule has 2 rings (SSSR count). The second-order valence-electron chi connectivity index (χ2n) is 4.55. The Labute approximate surface area is 147 Å². The number of nitrogens with zero attached hydrogens (tertiary/aromatic N) is 2. The van der Waals surface area contributed by atoms with Crippen LogP contribution in [0.5, 0.6) is 5.75 Å². The number of aryl methyl sites for hydroxylation is 1. The highest BCUT2D eigenvalue weighted by atomic mass is 35.5. The predicted molar refractivity (Wildman–Crippen MR) is 93.4 cm³/mol. The number of ether oxygens (including phenoxy) is 1. The molecule has 1 atom stereocenters. The lowest BCUT2D eigenvalue weighted by atomic mass is 10.3. The van der Waals surface area contributed by atoms with Crippen LogP contribution in [0, 0.1) is 18.3 Å². The van der Waals surface area contributed by atoms with Crippen LogP contribution in [0.15, 0.2) is 28.5 Å². The van der Waals surface area contributed by atoms with Crippen molar-refractivity contribution in [1.82, 2.24) is 4.98 Å². The fourth-order valence-corrected chi connectivity index (χ4v) is 3.66. The third-order valence-electron chi connectivity index (χ3n) is 2.73. The van der Waals surface area contributed by atoms with Crippen molar-refractivity contribution in [2.24, 2.45) is 0 Å². The van der Waals surface area contributed by atoms with Crippen molar-refractivity contribution < 1.29 is 9.53 Å². The first-order chi connectivity index (χ1) is 11.0. The van der Waals surface area contributed by atoms with Gasteiger partial charge in [0.25, 0.3) is 5.91 Å². The standard InChI is InChI=1S/C15H14ClN3O2S2/c1-9-14(22-7-6-17)23-15(18-9)19-13(20)10(2)21-12-5-3-4-11(16)8-12/h3-5,8,10H,7H2,1-2H3,(H,18,19,20). The Bertz CT molecular complexity index is 743. The molecule has 0 saturated heterocycles. The van der Waals surface area contributed by atoms with Crippen molar-refractivity contribution >= 4 is 45.7 Å². The molecule has 0 radical (unpaired) electrons. The first kappa shape index (κ1) is 17.6. The molecular weight excluding hydrogens is 354 g/mol. The van der Waals surface area contributed by atoms with E-state index < -0.39 is 6.10 Å². The Morgan fingerprint density at radius 2 is 2.39 bits per heavy atom. The van der Waals surface area contributed by atoms with Crippen LogP contribution in [-0.4, -0.2) is 22.7 Å². The molecule has 0 saturated carbocycles. The molecule has 0 aliphatic carbocycles. The number of amides is 1. The second kappa shape index (κ2) is 8.20. The summed E-state index contributed by atoms with van der Waals surface area (Å²) in [6, 6.07) is 8.94. The highest BCUT2D eigenvalue weighted by Gasteiger charge is 2.17. The maximum absolute atomic E-state index is 12.2. The largest absolute Gasteiger partial charge is 0.481 e. The van der Waals surface area contributed by atoms with Gasteiger partial charge in [-0.25, -0.2) is 4.98 Å². The van der Waals surface area contributed by atoms with Gasteiger partial charge in [0.15, 0.2) is 11.2 Å². The molecule has 0 aliphatic heterocycles. The van der Waals surface area contributed by atoms with E-state index in [4.69, 9.17) is 21.6 Å². The number of rotatable bonds is 6. The second-order valence-corrected chi connectivity index (χ2v) is 7.22. The number of thioether (sulfide) groups is 1. The SMILES string of the molecule is Cc1nc(NC(=O)C(C)Oc2cccc(Cl)c2)sc1SCC#N. The molecule has 1 aromatic carbocycles. The number of carbonyl (C=O) groups is 1. The van der Waals surface area contributed by atoms with E-state index in [2.05, 4.69) is 16.4 Å². The van der Waals surface area contributed by atoms with Crippen molar-refractivity contribution in [3.05, 3.63) is 35.0 Å². The van der Waals surface area contributed by atoms with Gasteiger partial charge in [0.1, 0.15) is 5.75 Å². The Balaban J connectivity index is 1.97. The topological polar surface area (TPSA) is 75.0 Å². The molecule has 0 bridgehead atoms. The number of nitrogens with one attached hydrogen (secondary N) is 1. The zero-order chi connectivity index (χ0) is 16.8. The zero-order valence-electron chi connectivity index (χ0n) is 12.5. The predicted octanol–water partition coefficient (Wildman–Crippen LogP) is 4.13. The van der Waals surface area contributed by atoms with Crippen LogP contribution in [0.2, 0.25) is 5.02 Å². The minimum atomic E-state index is -0.687. The summed E-state index contributed by atoms with van der Waals surface area (Å²) < 4.78 is 6.48. The number of nitriles is 1. The van der Waals surface area contributed by atoms with Crippen molar-refractivity contribution in [1.29, 1.82) is 5.26 Å². The lowest BCUT2D eigenvalue weighted by Crippen LogP contribution is -2.30. The number of carbonyl (C=O) groups excluding carboxylic acids is 1. The summed E-state index contributed by atoms with van der Waals surface area (Å²) >= 11 is 8.64. The molecule has 0 aliphatic rings. The van der Waals surface area contributed by atoms with Crippen LogP contribution in [0.3, 0.4) is 0 Å². The third-order valence-corrected chi connectivity index (χ3v) is 5.27. The molecule has 5 nitrogen and oxygen atoms in total. The highest BCUT2D eigenvalue weighted by Crippen LogP contribution is 2.31. The number of benzene rings is 1. The van der Waals surface area contributed by atoms with Crippen LogP contribution >= 0.6 is 34.7 Å². The van der Waals surface area contributed by atoms with Gasteiger partial charge >= 0.3 is 0 Å². The van der Waals surface area contributed by atoms with E-state index >= 15 is 0 Å². The maximum Gasteiger partial charge on any atom is 0.266 e. The minimum absolute atomic E-state index is 0.296. The number of hydrogen-bond acceptors (Lipinski definition) is 6. The number of anilines is 1. The molecule has 1 aromatic heterocycles. The van der Waals surface area contributed by atoms with Gasteiger partial charge < -0.3 is 4.74 Å². The molecule has 2 aromatic rings. The van der Waals surface area contributed by atoms with Crippen LogP contribution in [-0.2, 0) is 4.79 Å². The maximum atomic E-state index is 12.2. The Morgan fingerprint density at radius 3 is 3.09 bits per heavy atom. The van der Waals surface area contributed by atoms with E-state index in [1.165, 1.54) is 23.1 Å².